The molecule has 1 atom stereocenters. The third kappa shape index (κ3) is 7.88. The van der Waals surface area contributed by atoms with Gasteiger partial charge in [-0.15, -0.1) is 24.8 Å². The summed E-state index contributed by atoms with van der Waals surface area (Å²) in [6.45, 7) is 3.38. The highest BCUT2D eigenvalue weighted by Gasteiger charge is 2.22. The summed E-state index contributed by atoms with van der Waals surface area (Å²) in [5, 5.41) is 6.17. The molecule has 1 aromatic rings. The number of amides is 1. The number of nitrogens with one attached hydrogen (secondary N) is 2. The summed E-state index contributed by atoms with van der Waals surface area (Å²) < 4.78 is 5.71. The van der Waals surface area contributed by atoms with Crippen molar-refractivity contribution in [1.29, 1.82) is 0 Å². The van der Waals surface area contributed by atoms with Crippen LogP contribution in [0.5, 0.6) is 5.75 Å². The van der Waals surface area contributed by atoms with Crippen molar-refractivity contribution in [3.63, 3.8) is 0 Å². The number of hydrogen-bond acceptors (Lipinski definition) is 4. The first-order chi connectivity index (χ1) is 10.1. The number of ether oxygens (including phenoxy) is 1. The summed E-state index contributed by atoms with van der Waals surface area (Å²) in [5.74, 6) is 0.968. The predicted molar refractivity (Wildman–Crippen MR) is 99.2 cm³/mol. The summed E-state index contributed by atoms with van der Waals surface area (Å²) in [7, 11) is 4.10. The van der Waals surface area contributed by atoms with Gasteiger partial charge in [0.25, 0.3) is 0 Å². The molecule has 7 heteroatoms. The molecule has 0 bridgehead atoms. The molecule has 0 saturated carbocycles. The van der Waals surface area contributed by atoms with Crippen LogP contribution in [0.4, 0.5) is 5.69 Å². The van der Waals surface area contributed by atoms with Crippen LogP contribution in [-0.4, -0.2) is 51.1 Å². The number of halogens is 2. The Morgan fingerprint density at radius 2 is 2.17 bits per heavy atom. The standard InChI is InChI=1S/C16H25N3O2.2ClH/c1-19(2)9-4-10-21-15-6-3-5-14(11-15)18-16(20)13-7-8-17-12-13;;/h3,5-6,11,13,17H,4,7-10,12H2,1-2H3,(H,18,20);2*1H. The first kappa shape index (κ1) is 22.0. The number of anilines is 1. The zero-order valence-corrected chi connectivity index (χ0v) is 15.3. The Morgan fingerprint density at radius 3 is 2.83 bits per heavy atom. The number of nitrogens with zero attached hydrogens (tertiary/aromatic N) is 1. The van der Waals surface area contributed by atoms with Crippen LogP contribution in [0.1, 0.15) is 12.8 Å². The Labute approximate surface area is 151 Å². The van der Waals surface area contributed by atoms with E-state index in [1.165, 1.54) is 0 Å². The molecule has 1 fully saturated rings. The fraction of sp³-hybridized carbons (Fsp3) is 0.562. The molecule has 1 saturated heterocycles. The van der Waals surface area contributed by atoms with Crippen LogP contribution in [0, 0.1) is 5.92 Å². The van der Waals surface area contributed by atoms with E-state index in [0.717, 1.165) is 43.9 Å². The van der Waals surface area contributed by atoms with Gasteiger partial charge in [-0.2, -0.15) is 0 Å². The number of rotatable bonds is 7. The summed E-state index contributed by atoms with van der Waals surface area (Å²) in [6, 6.07) is 7.61. The number of carbonyl (C=O) groups excluding carboxylic acids is 1. The maximum Gasteiger partial charge on any atom is 0.228 e. The molecule has 1 aliphatic rings. The van der Waals surface area contributed by atoms with Crippen LogP contribution in [0.2, 0.25) is 0 Å². The second kappa shape index (κ2) is 11.5. The van der Waals surface area contributed by atoms with Crippen molar-refractivity contribution in [2.24, 2.45) is 5.92 Å². The third-order valence-electron chi connectivity index (χ3n) is 3.55. The maximum atomic E-state index is 12.1. The number of carbonyl (C=O) groups is 1. The molecule has 1 heterocycles. The van der Waals surface area contributed by atoms with Gasteiger partial charge in [0.05, 0.1) is 12.5 Å². The molecule has 23 heavy (non-hydrogen) atoms. The van der Waals surface area contributed by atoms with Crippen LogP contribution in [0.25, 0.3) is 0 Å². The topological polar surface area (TPSA) is 53.6 Å². The lowest BCUT2D eigenvalue weighted by Gasteiger charge is -2.12. The normalized spacial score (nSPS) is 16.4. The minimum Gasteiger partial charge on any atom is -0.493 e. The molecule has 1 unspecified atom stereocenters. The smallest absolute Gasteiger partial charge is 0.228 e. The van der Waals surface area contributed by atoms with Gasteiger partial charge in [0.2, 0.25) is 5.91 Å². The van der Waals surface area contributed by atoms with E-state index in [1.54, 1.807) is 0 Å². The SMILES string of the molecule is CN(C)CCCOc1cccc(NC(=O)C2CCNC2)c1.Cl.Cl. The van der Waals surface area contributed by atoms with Crippen molar-refractivity contribution in [3.05, 3.63) is 24.3 Å². The Bertz CT molecular complexity index is 466. The minimum absolute atomic E-state index is 0. The summed E-state index contributed by atoms with van der Waals surface area (Å²) >= 11 is 0. The second-order valence-electron chi connectivity index (χ2n) is 5.71. The van der Waals surface area contributed by atoms with Crippen molar-refractivity contribution >= 4 is 36.4 Å². The van der Waals surface area contributed by atoms with E-state index in [2.05, 4.69) is 15.5 Å². The lowest BCUT2D eigenvalue weighted by molar-refractivity contribution is -0.119. The molecule has 0 aromatic heterocycles. The molecule has 1 amide bonds. The van der Waals surface area contributed by atoms with Crippen LogP contribution >= 0.6 is 24.8 Å². The van der Waals surface area contributed by atoms with E-state index in [9.17, 15) is 4.79 Å². The first-order valence-electron chi connectivity index (χ1n) is 7.54. The Balaban J connectivity index is 0.00000242. The highest BCUT2D eigenvalue weighted by atomic mass is 35.5. The molecule has 0 spiro atoms. The monoisotopic (exact) mass is 363 g/mol. The van der Waals surface area contributed by atoms with E-state index in [0.29, 0.717) is 6.61 Å². The average Bonchev–Trinajstić information content (AvgIpc) is 2.98. The van der Waals surface area contributed by atoms with Gasteiger partial charge in [-0.25, -0.2) is 0 Å². The van der Waals surface area contributed by atoms with Gasteiger partial charge >= 0.3 is 0 Å². The molecule has 0 radical (unpaired) electrons. The fourth-order valence-electron chi connectivity index (χ4n) is 2.36. The van der Waals surface area contributed by atoms with Crippen LogP contribution < -0.4 is 15.4 Å². The minimum atomic E-state index is 0. The predicted octanol–water partition coefficient (Wildman–Crippen LogP) is 2.41. The molecular formula is C16H27Cl2N3O2. The van der Waals surface area contributed by atoms with E-state index >= 15 is 0 Å². The number of hydrogen-bond donors (Lipinski definition) is 2. The van der Waals surface area contributed by atoms with Gasteiger partial charge in [-0.3, -0.25) is 4.79 Å². The maximum absolute atomic E-state index is 12.1. The third-order valence-corrected chi connectivity index (χ3v) is 3.55. The number of benzene rings is 1. The Kier molecular flexibility index (Phi) is 11.0. The van der Waals surface area contributed by atoms with E-state index < -0.39 is 0 Å². The lowest BCUT2D eigenvalue weighted by Crippen LogP contribution is -2.24. The Morgan fingerprint density at radius 1 is 1.39 bits per heavy atom. The van der Waals surface area contributed by atoms with Crippen molar-refractivity contribution in [2.75, 3.05) is 45.7 Å². The van der Waals surface area contributed by atoms with Gasteiger partial charge < -0.3 is 20.3 Å². The van der Waals surface area contributed by atoms with Gasteiger partial charge in [0.15, 0.2) is 0 Å². The zero-order valence-electron chi connectivity index (χ0n) is 13.7. The largest absolute Gasteiger partial charge is 0.493 e. The van der Waals surface area contributed by atoms with E-state index in [4.69, 9.17) is 4.74 Å². The zero-order chi connectivity index (χ0) is 15.1. The molecule has 5 nitrogen and oxygen atoms in total. The van der Waals surface area contributed by atoms with Crippen LogP contribution in [-0.2, 0) is 4.79 Å². The van der Waals surface area contributed by atoms with Crippen molar-refractivity contribution in [2.45, 2.75) is 12.8 Å². The summed E-state index contributed by atoms with van der Waals surface area (Å²) in [4.78, 5) is 14.2. The van der Waals surface area contributed by atoms with Gasteiger partial charge in [0, 0.05) is 24.8 Å². The van der Waals surface area contributed by atoms with E-state index in [1.807, 2.05) is 38.4 Å². The van der Waals surface area contributed by atoms with Gasteiger partial charge in [-0.05, 0) is 45.6 Å². The molecule has 132 valence electrons. The van der Waals surface area contributed by atoms with E-state index in [-0.39, 0.29) is 36.6 Å². The van der Waals surface area contributed by atoms with Crippen LogP contribution in [0.15, 0.2) is 24.3 Å². The summed E-state index contributed by atoms with van der Waals surface area (Å²) in [5.41, 5.74) is 0.803. The highest BCUT2D eigenvalue weighted by molar-refractivity contribution is 5.93. The molecule has 2 N–H and O–H groups in total. The average molecular weight is 364 g/mol. The van der Waals surface area contributed by atoms with Gasteiger partial charge in [0.1, 0.15) is 5.75 Å². The molecule has 0 aliphatic carbocycles. The quantitative estimate of drug-likeness (QED) is 0.730. The molecule has 1 aromatic carbocycles. The molecule has 2 rings (SSSR count). The molecular weight excluding hydrogens is 337 g/mol. The fourth-order valence-corrected chi connectivity index (χ4v) is 2.36. The Hall–Kier alpha value is -1.01. The van der Waals surface area contributed by atoms with Crippen molar-refractivity contribution in [3.8, 4) is 5.75 Å². The summed E-state index contributed by atoms with van der Waals surface area (Å²) in [6.07, 6.45) is 1.89. The van der Waals surface area contributed by atoms with Crippen molar-refractivity contribution < 1.29 is 9.53 Å². The highest BCUT2D eigenvalue weighted by Crippen LogP contribution is 2.19. The second-order valence-corrected chi connectivity index (χ2v) is 5.71. The van der Waals surface area contributed by atoms with Crippen LogP contribution in [0.3, 0.4) is 0 Å². The van der Waals surface area contributed by atoms with Gasteiger partial charge in [-0.1, -0.05) is 6.07 Å². The van der Waals surface area contributed by atoms with Crippen molar-refractivity contribution in [1.82, 2.24) is 10.2 Å². The lowest BCUT2D eigenvalue weighted by atomic mass is 10.1. The molecule has 1 aliphatic heterocycles. The first-order valence-corrected chi connectivity index (χ1v) is 7.54.